The number of nitrogens with one attached hydrogen (secondary N) is 2. The Kier molecular flexibility index (Phi) is 4.53. The van der Waals surface area contributed by atoms with Crippen molar-refractivity contribution in [2.45, 2.75) is 57.4 Å². The Bertz CT molecular complexity index is 783. The number of rotatable bonds is 4. The number of aryl methyl sites for hydroxylation is 2. The zero-order chi connectivity index (χ0) is 19.0. The van der Waals surface area contributed by atoms with E-state index >= 15 is 0 Å². The van der Waals surface area contributed by atoms with Gasteiger partial charge in [0.1, 0.15) is 11.3 Å². The topological polar surface area (TPSA) is 87.7 Å². The van der Waals surface area contributed by atoms with Gasteiger partial charge in [-0.25, -0.2) is 4.79 Å². The maximum absolute atomic E-state index is 12.7. The molecule has 7 heteroatoms. The third-order valence-corrected chi connectivity index (χ3v) is 5.97. The molecule has 1 saturated carbocycles. The van der Waals surface area contributed by atoms with Gasteiger partial charge in [-0.3, -0.25) is 15.0 Å². The first kappa shape index (κ1) is 17.8. The van der Waals surface area contributed by atoms with Crippen molar-refractivity contribution >= 4 is 17.8 Å². The number of imide groups is 1. The minimum atomic E-state index is -0.863. The van der Waals surface area contributed by atoms with Gasteiger partial charge in [0.2, 0.25) is 0 Å². The quantitative estimate of drug-likeness (QED) is 0.794. The molecular weight excluding hydrogens is 346 g/mol. The Morgan fingerprint density at radius 3 is 2.78 bits per heavy atom. The van der Waals surface area contributed by atoms with Crippen molar-refractivity contribution in [3.63, 3.8) is 0 Å². The van der Waals surface area contributed by atoms with Crippen LogP contribution in [0.25, 0.3) is 0 Å². The van der Waals surface area contributed by atoms with E-state index in [1.165, 1.54) is 11.1 Å². The van der Waals surface area contributed by atoms with Crippen LogP contribution in [0.4, 0.5) is 4.79 Å². The number of ether oxygens (including phenoxy) is 1. The summed E-state index contributed by atoms with van der Waals surface area (Å²) in [6, 6.07) is 5.27. The molecular formula is C20H25N3O4. The van der Waals surface area contributed by atoms with Crippen molar-refractivity contribution in [1.29, 1.82) is 0 Å². The third-order valence-electron chi connectivity index (χ3n) is 5.97. The van der Waals surface area contributed by atoms with E-state index in [4.69, 9.17) is 4.74 Å². The molecule has 2 N–H and O–H groups in total. The second-order valence-electron chi connectivity index (χ2n) is 7.94. The molecule has 0 unspecified atom stereocenters. The molecule has 4 rings (SSSR count). The maximum Gasteiger partial charge on any atom is 0.344 e. The minimum absolute atomic E-state index is 0.250. The molecule has 2 aliphatic carbocycles. The number of amides is 4. The van der Waals surface area contributed by atoms with Gasteiger partial charge in [-0.05, 0) is 74.1 Å². The van der Waals surface area contributed by atoms with Crippen LogP contribution in [0.15, 0.2) is 18.2 Å². The van der Waals surface area contributed by atoms with E-state index in [1.54, 1.807) is 0 Å². The summed E-state index contributed by atoms with van der Waals surface area (Å²) in [5.74, 6) is 0.274. The SMILES string of the molecule is CC1CCC2(CC1)NC(=O)N(NC(=O)COc1ccc3c(c1)CCC3)C2=O. The molecule has 7 nitrogen and oxygen atoms in total. The van der Waals surface area contributed by atoms with Gasteiger partial charge in [0.05, 0.1) is 0 Å². The second kappa shape index (κ2) is 6.87. The van der Waals surface area contributed by atoms with E-state index in [-0.39, 0.29) is 12.5 Å². The van der Waals surface area contributed by atoms with Gasteiger partial charge in [-0.1, -0.05) is 13.0 Å². The summed E-state index contributed by atoms with van der Waals surface area (Å²) in [4.78, 5) is 37.2. The lowest BCUT2D eigenvalue weighted by Gasteiger charge is -2.33. The van der Waals surface area contributed by atoms with Gasteiger partial charge in [0.25, 0.3) is 11.8 Å². The van der Waals surface area contributed by atoms with Crippen LogP contribution in [0.5, 0.6) is 5.75 Å². The lowest BCUT2D eigenvalue weighted by atomic mass is 9.77. The Morgan fingerprint density at radius 2 is 2.00 bits per heavy atom. The normalized spacial score (nSPS) is 26.9. The van der Waals surface area contributed by atoms with E-state index in [9.17, 15) is 14.4 Å². The van der Waals surface area contributed by atoms with Crippen molar-refractivity contribution in [2.24, 2.45) is 5.92 Å². The highest BCUT2D eigenvalue weighted by atomic mass is 16.5. The van der Waals surface area contributed by atoms with Gasteiger partial charge in [0.15, 0.2) is 6.61 Å². The highest BCUT2D eigenvalue weighted by molar-refractivity contribution is 6.08. The Morgan fingerprint density at radius 1 is 1.26 bits per heavy atom. The van der Waals surface area contributed by atoms with Crippen molar-refractivity contribution in [3.05, 3.63) is 29.3 Å². The average Bonchev–Trinajstić information content (AvgIpc) is 3.21. The van der Waals surface area contributed by atoms with Crippen LogP contribution in [0.1, 0.15) is 50.2 Å². The summed E-state index contributed by atoms with van der Waals surface area (Å²) >= 11 is 0. The number of nitrogens with zero attached hydrogens (tertiary/aromatic N) is 1. The first-order chi connectivity index (χ1) is 13.0. The van der Waals surface area contributed by atoms with Crippen molar-refractivity contribution in [2.75, 3.05) is 6.61 Å². The predicted octanol–water partition coefficient (Wildman–Crippen LogP) is 2.09. The number of hydrogen-bond acceptors (Lipinski definition) is 4. The van der Waals surface area contributed by atoms with Gasteiger partial charge in [-0.15, -0.1) is 0 Å². The molecule has 0 aromatic heterocycles. The second-order valence-corrected chi connectivity index (χ2v) is 7.94. The number of benzene rings is 1. The number of hydrogen-bond donors (Lipinski definition) is 2. The lowest BCUT2D eigenvalue weighted by Crippen LogP contribution is -2.52. The zero-order valence-electron chi connectivity index (χ0n) is 15.5. The van der Waals surface area contributed by atoms with Crippen LogP contribution in [-0.2, 0) is 22.4 Å². The summed E-state index contributed by atoms with van der Waals surface area (Å²) in [5, 5.41) is 3.59. The molecule has 1 spiro atoms. The summed E-state index contributed by atoms with van der Waals surface area (Å²) < 4.78 is 5.54. The molecule has 1 aliphatic heterocycles. The van der Waals surface area contributed by atoms with Crippen LogP contribution >= 0.6 is 0 Å². The van der Waals surface area contributed by atoms with E-state index in [1.807, 2.05) is 18.2 Å². The van der Waals surface area contributed by atoms with Gasteiger partial charge in [-0.2, -0.15) is 5.01 Å². The van der Waals surface area contributed by atoms with Crippen LogP contribution in [0, 0.1) is 5.92 Å². The molecule has 0 bridgehead atoms. The molecule has 1 aromatic carbocycles. The first-order valence-corrected chi connectivity index (χ1v) is 9.68. The molecule has 1 saturated heterocycles. The Hall–Kier alpha value is -2.57. The molecule has 3 aliphatic rings. The maximum atomic E-state index is 12.7. The average molecular weight is 371 g/mol. The van der Waals surface area contributed by atoms with Crippen LogP contribution < -0.4 is 15.5 Å². The third kappa shape index (κ3) is 3.38. The Balaban J connectivity index is 1.34. The van der Waals surface area contributed by atoms with Crippen LogP contribution in [-0.4, -0.2) is 35.0 Å². The van der Waals surface area contributed by atoms with Crippen molar-refractivity contribution in [1.82, 2.24) is 15.8 Å². The lowest BCUT2D eigenvalue weighted by molar-refractivity contribution is -0.140. The van der Waals surface area contributed by atoms with Crippen LogP contribution in [0.3, 0.4) is 0 Å². The largest absolute Gasteiger partial charge is 0.484 e. The standard InChI is InChI=1S/C20H25N3O4/c1-13-7-9-20(10-8-13)18(25)23(19(26)21-20)22-17(24)12-27-16-6-5-14-3-2-4-15(14)11-16/h5-6,11,13H,2-4,7-10,12H2,1H3,(H,21,26)(H,22,24). The van der Waals surface area contributed by atoms with Gasteiger partial charge < -0.3 is 10.1 Å². The Labute approximate surface area is 158 Å². The molecule has 0 radical (unpaired) electrons. The fourth-order valence-electron chi connectivity index (χ4n) is 4.26. The molecule has 4 amide bonds. The number of carbonyl (C=O) groups is 3. The van der Waals surface area contributed by atoms with Gasteiger partial charge >= 0.3 is 6.03 Å². The van der Waals surface area contributed by atoms with Crippen molar-refractivity contribution in [3.8, 4) is 5.75 Å². The van der Waals surface area contributed by atoms with Crippen LogP contribution in [0.2, 0.25) is 0 Å². The van der Waals surface area contributed by atoms with E-state index in [2.05, 4.69) is 17.7 Å². The highest BCUT2D eigenvalue weighted by Crippen LogP contribution is 2.35. The number of urea groups is 1. The molecule has 27 heavy (non-hydrogen) atoms. The minimum Gasteiger partial charge on any atom is -0.484 e. The number of carbonyl (C=O) groups excluding carboxylic acids is 3. The monoisotopic (exact) mass is 371 g/mol. The summed E-state index contributed by atoms with van der Waals surface area (Å²) in [5.41, 5.74) is 4.12. The molecule has 1 aromatic rings. The summed E-state index contributed by atoms with van der Waals surface area (Å²) in [6.45, 7) is 1.89. The molecule has 144 valence electrons. The number of hydrazine groups is 1. The summed E-state index contributed by atoms with van der Waals surface area (Å²) in [6.07, 6.45) is 6.24. The summed E-state index contributed by atoms with van der Waals surface area (Å²) in [7, 11) is 0. The highest BCUT2D eigenvalue weighted by Gasteiger charge is 2.52. The predicted molar refractivity (Wildman–Crippen MR) is 97.8 cm³/mol. The molecule has 2 fully saturated rings. The van der Waals surface area contributed by atoms with Crippen molar-refractivity contribution < 1.29 is 19.1 Å². The van der Waals surface area contributed by atoms with E-state index in [0.29, 0.717) is 24.5 Å². The van der Waals surface area contributed by atoms with Gasteiger partial charge in [0, 0.05) is 0 Å². The zero-order valence-corrected chi connectivity index (χ0v) is 15.5. The smallest absolute Gasteiger partial charge is 0.344 e. The fraction of sp³-hybridized carbons (Fsp3) is 0.550. The van der Waals surface area contributed by atoms with E-state index < -0.39 is 17.5 Å². The number of fused-ring (bicyclic) bond motifs is 1. The first-order valence-electron chi connectivity index (χ1n) is 9.68. The molecule has 0 atom stereocenters. The molecule has 1 heterocycles. The van der Waals surface area contributed by atoms with E-state index in [0.717, 1.165) is 37.1 Å². The fourth-order valence-corrected chi connectivity index (χ4v) is 4.26.